The van der Waals surface area contributed by atoms with E-state index in [9.17, 15) is 0 Å². The van der Waals surface area contributed by atoms with Crippen molar-refractivity contribution in [2.75, 3.05) is 0 Å². The maximum atomic E-state index is 7.15. The van der Waals surface area contributed by atoms with Gasteiger partial charge in [-0.05, 0) is 54.8 Å². The summed E-state index contributed by atoms with van der Waals surface area (Å²) in [5.74, 6) is -0.486. The number of hydrogen-bond donors (Lipinski definition) is 0. The van der Waals surface area contributed by atoms with E-state index in [0.29, 0.717) is 19.3 Å². The van der Waals surface area contributed by atoms with Gasteiger partial charge >= 0.3 is 0 Å². The zero-order valence-corrected chi connectivity index (χ0v) is 24.2. The van der Waals surface area contributed by atoms with E-state index in [1.54, 1.807) is 0 Å². The predicted octanol–water partition coefficient (Wildman–Crippen LogP) is 9.57. The van der Waals surface area contributed by atoms with Crippen LogP contribution in [0.15, 0.2) is 20.1 Å². The number of hydrogen-bond acceptors (Lipinski definition) is 0. The summed E-state index contributed by atoms with van der Waals surface area (Å²) in [7, 11) is 0. The van der Waals surface area contributed by atoms with Crippen molar-refractivity contribution >= 4 is 139 Å². The number of alkyl halides is 8. The Hall–Kier alpha value is 2.96. The fourth-order valence-corrected chi connectivity index (χ4v) is 14.2. The lowest BCUT2D eigenvalue weighted by Crippen LogP contribution is -2.49. The number of allylic oxidation sites excluding steroid dienone is 4. The molecule has 12 heteroatoms. The van der Waals surface area contributed by atoms with Crippen LogP contribution in [0.1, 0.15) is 19.3 Å². The molecule has 0 N–H and O–H groups in total. The molecule has 0 saturated heterocycles. The van der Waals surface area contributed by atoms with E-state index in [1.165, 1.54) is 0 Å². The summed E-state index contributed by atoms with van der Waals surface area (Å²) in [6, 6.07) is 0. The Morgan fingerprint density at radius 3 is 1.35 bits per heavy atom. The molecule has 4 fully saturated rings. The van der Waals surface area contributed by atoms with E-state index in [-0.39, 0.29) is 55.6 Å². The molecule has 0 radical (unpaired) electrons. The van der Waals surface area contributed by atoms with Crippen molar-refractivity contribution in [1.29, 1.82) is 0 Å². The lowest BCUT2D eigenvalue weighted by molar-refractivity contribution is 0.102. The van der Waals surface area contributed by atoms with E-state index in [2.05, 4.69) is 0 Å². The number of halogens is 12. The van der Waals surface area contributed by atoms with Gasteiger partial charge in [0.1, 0.15) is 19.5 Å². The highest BCUT2D eigenvalue weighted by atomic mass is 35.5. The van der Waals surface area contributed by atoms with Gasteiger partial charge in [0.15, 0.2) is 8.67 Å². The smallest absolute Gasteiger partial charge is 0.109 e. The van der Waals surface area contributed by atoms with Crippen molar-refractivity contribution in [3.63, 3.8) is 0 Å². The zero-order chi connectivity index (χ0) is 22.9. The van der Waals surface area contributed by atoms with Gasteiger partial charge in [0.25, 0.3) is 0 Å². The monoisotopic (exact) mass is 660 g/mol. The Morgan fingerprint density at radius 2 is 0.839 bits per heavy atom. The number of rotatable bonds is 0. The number of fused-ring (bicyclic) bond motifs is 12. The van der Waals surface area contributed by atoms with Crippen LogP contribution in [0.5, 0.6) is 0 Å². The van der Waals surface area contributed by atoms with Gasteiger partial charge in [0.05, 0.1) is 20.1 Å². The van der Waals surface area contributed by atoms with E-state index >= 15 is 0 Å². The van der Waals surface area contributed by atoms with Gasteiger partial charge < -0.3 is 0 Å². The highest BCUT2D eigenvalue weighted by Gasteiger charge is 2.87. The van der Waals surface area contributed by atoms with Gasteiger partial charge in [-0.15, -0.1) is 46.4 Å². The van der Waals surface area contributed by atoms with Crippen LogP contribution in [0, 0.1) is 35.5 Å². The summed E-state index contributed by atoms with van der Waals surface area (Å²) in [6.45, 7) is 0. The summed E-state index contributed by atoms with van der Waals surface area (Å²) < 4.78 is -3.12. The minimum atomic E-state index is -1.56. The van der Waals surface area contributed by atoms with Crippen LogP contribution in [-0.2, 0) is 0 Å². The molecule has 4 bridgehead atoms. The Labute approximate surface area is 240 Å². The molecule has 4 saturated carbocycles. The first-order valence-electron chi connectivity index (χ1n) is 9.71. The highest BCUT2D eigenvalue weighted by Crippen LogP contribution is 2.84. The molecule has 6 rings (SSSR count). The molecule has 0 unspecified atom stereocenters. The van der Waals surface area contributed by atoms with Crippen LogP contribution in [0.4, 0.5) is 0 Å². The third-order valence-electron chi connectivity index (χ3n) is 9.11. The average molecular weight is 666 g/mol. The summed E-state index contributed by atoms with van der Waals surface area (Å²) in [6.07, 6.45) is 2.02. The molecule has 6 aliphatic rings. The first-order valence-corrected chi connectivity index (χ1v) is 14.2. The topological polar surface area (TPSA) is 0 Å². The second-order valence-electron chi connectivity index (χ2n) is 9.73. The first kappa shape index (κ1) is 24.3. The molecule has 0 aromatic heterocycles. The van der Waals surface area contributed by atoms with Gasteiger partial charge in [-0.3, -0.25) is 0 Å². The van der Waals surface area contributed by atoms with Gasteiger partial charge in [-0.25, -0.2) is 0 Å². The predicted molar refractivity (Wildman–Crippen MR) is 135 cm³/mol. The van der Waals surface area contributed by atoms with Crippen LogP contribution < -0.4 is 0 Å². The quantitative estimate of drug-likeness (QED) is 0.226. The highest BCUT2D eigenvalue weighted by molar-refractivity contribution is 6.67. The fraction of sp³-hybridized carbons (Fsp3) is 0.789. The SMILES string of the molecule is ClC1=C(Cl)[C@@]2(Cl)[C@@H]3C[C@H]4C[C@@H]5[C@@H](C[C@@H]4[C@@H]3[C@@]1(Cl)C2(Cl)Cl)[C@@]1(Cl)C(Cl)=C(Cl)[C@]5(Cl)C1(Cl)Cl. The second kappa shape index (κ2) is 6.50. The molecule has 0 aromatic rings. The van der Waals surface area contributed by atoms with Crippen LogP contribution in [0.2, 0.25) is 0 Å². The maximum Gasteiger partial charge on any atom is 0.166 e. The van der Waals surface area contributed by atoms with Gasteiger partial charge in [-0.1, -0.05) is 92.8 Å². The van der Waals surface area contributed by atoms with Crippen molar-refractivity contribution in [1.82, 2.24) is 0 Å². The van der Waals surface area contributed by atoms with Crippen LogP contribution in [0.25, 0.3) is 0 Å². The third-order valence-corrected chi connectivity index (χ3v) is 17.8. The molecule has 0 amide bonds. The Bertz CT molecular complexity index is 982. The van der Waals surface area contributed by atoms with Gasteiger partial charge in [0, 0.05) is 0 Å². The summed E-state index contributed by atoms with van der Waals surface area (Å²) >= 11 is 81.9. The lowest BCUT2D eigenvalue weighted by Gasteiger charge is -2.47. The van der Waals surface area contributed by atoms with Crippen molar-refractivity contribution in [2.24, 2.45) is 35.5 Å². The van der Waals surface area contributed by atoms with Crippen molar-refractivity contribution in [2.45, 2.75) is 47.4 Å². The first-order chi connectivity index (χ1) is 14.1. The molecule has 172 valence electrons. The largest absolute Gasteiger partial charge is 0.166 e. The summed E-state index contributed by atoms with van der Waals surface area (Å²) in [5, 5.41) is 0.876. The van der Waals surface area contributed by atoms with Gasteiger partial charge in [-0.2, -0.15) is 0 Å². The maximum absolute atomic E-state index is 7.15. The van der Waals surface area contributed by atoms with E-state index < -0.39 is 28.2 Å². The molecule has 0 aliphatic heterocycles. The minimum absolute atomic E-state index is 0.0578. The zero-order valence-electron chi connectivity index (χ0n) is 15.1. The van der Waals surface area contributed by atoms with Crippen molar-refractivity contribution < 1.29 is 0 Å². The van der Waals surface area contributed by atoms with E-state index in [1.807, 2.05) is 0 Å². The summed E-state index contributed by atoms with van der Waals surface area (Å²) in [5.41, 5.74) is 0. The lowest BCUT2D eigenvalue weighted by atomic mass is 9.62. The Kier molecular flexibility index (Phi) is 5.10. The fourth-order valence-electron chi connectivity index (χ4n) is 7.92. The van der Waals surface area contributed by atoms with E-state index in [0.717, 1.165) is 0 Å². The molecular weight excluding hydrogens is 654 g/mol. The Balaban J connectivity index is 1.47. The molecule has 10 atom stereocenters. The molecule has 0 nitrogen and oxygen atoms in total. The third kappa shape index (κ3) is 2.09. The van der Waals surface area contributed by atoms with Crippen molar-refractivity contribution in [3.8, 4) is 0 Å². The second-order valence-corrected chi connectivity index (χ2v) is 16.3. The van der Waals surface area contributed by atoms with Crippen LogP contribution in [-0.4, -0.2) is 28.2 Å². The molecular formula is C19H12Cl12. The minimum Gasteiger partial charge on any atom is -0.109 e. The standard InChI is InChI=1S/C19H12Cl12/c20-10-11(21)15(25)7-3-5-4(1-6(7)14(10,24)18(15,28)29)2-8-9(5)17(27)13(23)12(22)16(8,26)19(17,30)31/h4-9H,1-3H2/t4-,5+,6-,7-,8-,9+,14+,15-,16+,17+/m1/s1. The summed E-state index contributed by atoms with van der Waals surface area (Å²) in [4.78, 5) is -5.15. The van der Waals surface area contributed by atoms with Crippen LogP contribution in [0.3, 0.4) is 0 Å². The van der Waals surface area contributed by atoms with E-state index in [4.69, 9.17) is 139 Å². The normalized spacial score (nSPS) is 60.0. The van der Waals surface area contributed by atoms with Crippen molar-refractivity contribution in [3.05, 3.63) is 20.1 Å². The molecule has 31 heavy (non-hydrogen) atoms. The Morgan fingerprint density at radius 1 is 0.484 bits per heavy atom. The average Bonchev–Trinajstić information content (AvgIpc) is 3.25. The molecule has 0 aromatic carbocycles. The molecule has 0 spiro atoms. The van der Waals surface area contributed by atoms with Crippen LogP contribution >= 0.6 is 139 Å². The molecule has 6 aliphatic carbocycles. The van der Waals surface area contributed by atoms with Gasteiger partial charge in [0.2, 0.25) is 0 Å². The molecule has 0 heterocycles.